The largest absolute Gasteiger partial charge is 0.357 e. The van der Waals surface area contributed by atoms with Gasteiger partial charge in [-0.05, 0) is 43.9 Å². The van der Waals surface area contributed by atoms with Gasteiger partial charge in [-0.1, -0.05) is 18.2 Å². The average molecular weight is 353 g/mol. The molecule has 0 heterocycles. The number of guanidine groups is 1. The molecule has 0 saturated heterocycles. The molecule has 0 atom stereocenters. The van der Waals surface area contributed by atoms with Crippen LogP contribution in [-0.2, 0) is 16.4 Å². The van der Waals surface area contributed by atoms with Crippen molar-refractivity contribution in [3.63, 3.8) is 0 Å². The number of hydrogen-bond acceptors (Lipinski definition) is 3. The summed E-state index contributed by atoms with van der Waals surface area (Å²) < 4.78 is 22.5. The molecule has 1 rings (SSSR count). The molecule has 0 aliphatic heterocycles. The molecule has 0 saturated carbocycles. The van der Waals surface area contributed by atoms with E-state index in [1.807, 2.05) is 20.0 Å². The SMILES string of the molecule is C=CCCCN(C)C(=NCCc1ccc(S(N)(=O)=O)cc1)NCC. The van der Waals surface area contributed by atoms with Gasteiger partial charge >= 0.3 is 0 Å². The van der Waals surface area contributed by atoms with Crippen molar-refractivity contribution in [2.45, 2.75) is 31.1 Å². The normalized spacial score (nSPS) is 12.0. The fourth-order valence-electron chi connectivity index (χ4n) is 2.19. The van der Waals surface area contributed by atoms with Gasteiger partial charge in [-0.25, -0.2) is 13.6 Å². The second-order valence-electron chi connectivity index (χ2n) is 5.53. The summed E-state index contributed by atoms with van der Waals surface area (Å²) in [4.78, 5) is 6.86. The number of benzene rings is 1. The molecular formula is C17H28N4O2S. The molecule has 7 heteroatoms. The summed E-state index contributed by atoms with van der Waals surface area (Å²) in [6, 6.07) is 6.61. The topological polar surface area (TPSA) is 87.8 Å². The summed E-state index contributed by atoms with van der Waals surface area (Å²) in [6.07, 6.45) is 4.68. The first kappa shape index (κ1) is 20.2. The van der Waals surface area contributed by atoms with Crippen LogP contribution in [0.15, 0.2) is 46.8 Å². The minimum Gasteiger partial charge on any atom is -0.357 e. The molecular weight excluding hydrogens is 324 g/mol. The molecule has 0 bridgehead atoms. The van der Waals surface area contributed by atoms with Gasteiger partial charge in [0.1, 0.15) is 0 Å². The Hall–Kier alpha value is -1.86. The van der Waals surface area contributed by atoms with Crippen LogP contribution < -0.4 is 10.5 Å². The van der Waals surface area contributed by atoms with Gasteiger partial charge in [0, 0.05) is 26.7 Å². The van der Waals surface area contributed by atoms with Crippen LogP contribution in [0.25, 0.3) is 0 Å². The van der Waals surface area contributed by atoms with Crippen molar-refractivity contribution in [3.8, 4) is 0 Å². The molecule has 0 radical (unpaired) electrons. The number of hydrogen-bond donors (Lipinski definition) is 2. The zero-order valence-corrected chi connectivity index (χ0v) is 15.3. The Bertz CT molecular complexity index is 639. The lowest BCUT2D eigenvalue weighted by molar-refractivity contribution is 0.470. The Balaban J connectivity index is 2.61. The monoisotopic (exact) mass is 352 g/mol. The first-order valence-corrected chi connectivity index (χ1v) is 9.65. The lowest BCUT2D eigenvalue weighted by Crippen LogP contribution is -2.39. The van der Waals surface area contributed by atoms with E-state index in [1.54, 1.807) is 12.1 Å². The van der Waals surface area contributed by atoms with Crippen LogP contribution in [0.4, 0.5) is 0 Å². The van der Waals surface area contributed by atoms with Crippen LogP contribution in [0.2, 0.25) is 0 Å². The Labute approximate surface area is 145 Å². The number of primary sulfonamides is 1. The Morgan fingerprint density at radius 3 is 2.58 bits per heavy atom. The molecule has 0 unspecified atom stereocenters. The smallest absolute Gasteiger partial charge is 0.238 e. The number of aliphatic imine (C=N–C) groups is 1. The molecule has 0 aliphatic rings. The number of sulfonamides is 1. The van der Waals surface area contributed by atoms with Crippen molar-refractivity contribution < 1.29 is 8.42 Å². The van der Waals surface area contributed by atoms with E-state index in [2.05, 4.69) is 21.8 Å². The van der Waals surface area contributed by atoms with E-state index in [1.165, 1.54) is 12.1 Å². The lowest BCUT2D eigenvalue weighted by atomic mass is 10.1. The lowest BCUT2D eigenvalue weighted by Gasteiger charge is -2.21. The summed E-state index contributed by atoms with van der Waals surface area (Å²) in [5.41, 5.74) is 1.02. The van der Waals surface area contributed by atoms with E-state index < -0.39 is 10.0 Å². The van der Waals surface area contributed by atoms with Crippen molar-refractivity contribution >= 4 is 16.0 Å². The minimum absolute atomic E-state index is 0.130. The first-order valence-electron chi connectivity index (χ1n) is 8.10. The van der Waals surface area contributed by atoms with Crippen LogP contribution >= 0.6 is 0 Å². The van der Waals surface area contributed by atoms with Crippen molar-refractivity contribution in [2.75, 3.05) is 26.7 Å². The number of nitrogens with two attached hydrogens (primary N) is 1. The van der Waals surface area contributed by atoms with Crippen molar-refractivity contribution in [1.82, 2.24) is 10.2 Å². The Kier molecular flexibility index (Phi) is 8.49. The maximum atomic E-state index is 11.2. The van der Waals surface area contributed by atoms with E-state index in [4.69, 9.17) is 5.14 Å². The summed E-state index contributed by atoms with van der Waals surface area (Å²) in [7, 11) is -1.62. The highest BCUT2D eigenvalue weighted by atomic mass is 32.2. The highest BCUT2D eigenvalue weighted by Crippen LogP contribution is 2.09. The Morgan fingerprint density at radius 1 is 1.38 bits per heavy atom. The van der Waals surface area contributed by atoms with E-state index in [0.717, 1.165) is 43.9 Å². The van der Waals surface area contributed by atoms with Gasteiger partial charge in [0.25, 0.3) is 0 Å². The third-order valence-corrected chi connectivity index (χ3v) is 4.44. The fraction of sp³-hybridized carbons (Fsp3) is 0.471. The predicted molar refractivity (Wildman–Crippen MR) is 99.6 cm³/mol. The summed E-state index contributed by atoms with van der Waals surface area (Å²) in [5, 5.41) is 8.37. The van der Waals surface area contributed by atoms with Crippen molar-refractivity contribution in [1.29, 1.82) is 0 Å². The predicted octanol–water partition coefficient (Wildman–Crippen LogP) is 1.74. The van der Waals surface area contributed by atoms with Gasteiger partial charge in [-0.2, -0.15) is 0 Å². The van der Waals surface area contributed by atoms with Crippen molar-refractivity contribution in [2.24, 2.45) is 10.1 Å². The van der Waals surface area contributed by atoms with E-state index in [-0.39, 0.29) is 4.90 Å². The zero-order valence-electron chi connectivity index (χ0n) is 14.5. The highest BCUT2D eigenvalue weighted by molar-refractivity contribution is 7.89. The first-order chi connectivity index (χ1) is 11.4. The number of rotatable bonds is 9. The molecule has 1 aromatic carbocycles. The Morgan fingerprint density at radius 2 is 2.04 bits per heavy atom. The number of unbranched alkanes of at least 4 members (excludes halogenated alkanes) is 1. The van der Waals surface area contributed by atoms with Gasteiger partial charge in [0.05, 0.1) is 4.90 Å². The molecule has 0 aliphatic carbocycles. The molecule has 0 spiro atoms. The van der Waals surface area contributed by atoms with Gasteiger partial charge < -0.3 is 10.2 Å². The maximum absolute atomic E-state index is 11.2. The van der Waals surface area contributed by atoms with Crippen molar-refractivity contribution in [3.05, 3.63) is 42.5 Å². The molecule has 0 fully saturated rings. The number of nitrogens with one attached hydrogen (secondary N) is 1. The van der Waals surface area contributed by atoms with E-state index >= 15 is 0 Å². The van der Waals surface area contributed by atoms with Crippen LogP contribution in [0.3, 0.4) is 0 Å². The zero-order chi connectivity index (χ0) is 18.0. The molecule has 1 aromatic rings. The van der Waals surface area contributed by atoms with Crippen LogP contribution in [0, 0.1) is 0 Å². The summed E-state index contributed by atoms with van der Waals surface area (Å²) in [5.74, 6) is 0.878. The molecule has 6 nitrogen and oxygen atoms in total. The minimum atomic E-state index is -3.63. The molecule has 3 N–H and O–H groups in total. The third-order valence-electron chi connectivity index (χ3n) is 3.51. The van der Waals surface area contributed by atoms with Crippen LogP contribution in [-0.4, -0.2) is 46.0 Å². The molecule has 24 heavy (non-hydrogen) atoms. The second-order valence-corrected chi connectivity index (χ2v) is 7.09. The van der Waals surface area contributed by atoms with Gasteiger partial charge in [-0.3, -0.25) is 4.99 Å². The summed E-state index contributed by atoms with van der Waals surface area (Å²) in [6.45, 7) is 8.13. The van der Waals surface area contributed by atoms with E-state index in [0.29, 0.717) is 6.54 Å². The molecule has 134 valence electrons. The van der Waals surface area contributed by atoms with E-state index in [9.17, 15) is 8.42 Å². The second kappa shape index (κ2) is 10.1. The third kappa shape index (κ3) is 7.14. The van der Waals surface area contributed by atoms with Gasteiger partial charge in [-0.15, -0.1) is 6.58 Å². The molecule has 0 aromatic heterocycles. The quantitative estimate of drug-likeness (QED) is 0.307. The average Bonchev–Trinajstić information content (AvgIpc) is 2.54. The summed E-state index contributed by atoms with van der Waals surface area (Å²) >= 11 is 0. The highest BCUT2D eigenvalue weighted by Gasteiger charge is 2.07. The standard InChI is InChI=1S/C17H28N4O2S/c1-4-6-7-14-21(3)17(19-5-2)20-13-12-15-8-10-16(11-9-15)24(18,22)23/h4,8-11H,1,5-7,12-14H2,2-3H3,(H,19,20)(H2,18,22,23). The number of allylic oxidation sites excluding steroid dienone is 1. The molecule has 0 amide bonds. The maximum Gasteiger partial charge on any atom is 0.238 e. The van der Waals surface area contributed by atoms with Crippen LogP contribution in [0.1, 0.15) is 25.3 Å². The number of nitrogens with zero attached hydrogens (tertiary/aromatic N) is 2. The van der Waals surface area contributed by atoms with Crippen LogP contribution in [0.5, 0.6) is 0 Å². The van der Waals surface area contributed by atoms with Gasteiger partial charge in [0.2, 0.25) is 10.0 Å². The van der Waals surface area contributed by atoms with Gasteiger partial charge in [0.15, 0.2) is 5.96 Å². The fourth-order valence-corrected chi connectivity index (χ4v) is 2.70.